The van der Waals surface area contributed by atoms with Crippen LogP contribution >= 0.6 is 0 Å². The minimum atomic E-state index is -1.75. The molecule has 138 valence electrons. The molecular weight excluding hydrogens is 368 g/mol. The Morgan fingerprint density at radius 1 is 1.22 bits per heavy atom. The van der Waals surface area contributed by atoms with Crippen LogP contribution in [0.2, 0.25) is 0 Å². The molecule has 1 aromatic heterocycles. The fourth-order valence-electron chi connectivity index (χ4n) is 2.51. The first-order chi connectivity index (χ1) is 13.0. The number of carbonyl (C=O) groups excluding carboxylic acids is 2. The SMILES string of the molecule is Cc1ccccc1C[S+]([O-])NN(C=O)C(=O)c1cc2ccccc2oc1=O. The summed E-state index contributed by atoms with van der Waals surface area (Å²) in [5, 5.41) is 1.03. The van der Waals surface area contributed by atoms with Gasteiger partial charge in [0, 0.05) is 10.9 Å². The summed E-state index contributed by atoms with van der Waals surface area (Å²) in [5.41, 5.74) is 0.865. The standard InChI is InChI=1S/C19H16N2O5S/c1-13-6-2-3-8-15(13)11-27(25)20-21(12-22)18(23)16-10-14-7-4-5-9-17(14)26-19(16)24/h2-10,12,20H,11H2,1H3. The normalized spacial score (nSPS) is 11.9. The van der Waals surface area contributed by atoms with Crippen molar-refractivity contribution < 1.29 is 18.6 Å². The molecule has 27 heavy (non-hydrogen) atoms. The Balaban J connectivity index is 1.80. The van der Waals surface area contributed by atoms with E-state index in [4.69, 9.17) is 4.42 Å². The van der Waals surface area contributed by atoms with Gasteiger partial charge in [0.25, 0.3) is 5.91 Å². The molecule has 8 heteroatoms. The van der Waals surface area contributed by atoms with Gasteiger partial charge in [-0.15, -0.1) is 0 Å². The number of benzene rings is 2. The highest BCUT2D eigenvalue weighted by atomic mass is 32.2. The summed E-state index contributed by atoms with van der Waals surface area (Å²) in [4.78, 5) is 38.3. The van der Waals surface area contributed by atoms with Crippen molar-refractivity contribution in [2.24, 2.45) is 0 Å². The molecule has 0 saturated heterocycles. The summed E-state index contributed by atoms with van der Waals surface area (Å²) in [6.07, 6.45) is 0.173. The zero-order valence-corrected chi connectivity index (χ0v) is 15.2. The highest BCUT2D eigenvalue weighted by Crippen LogP contribution is 2.14. The van der Waals surface area contributed by atoms with E-state index in [9.17, 15) is 18.9 Å². The molecule has 1 unspecified atom stereocenters. The van der Waals surface area contributed by atoms with Gasteiger partial charge in [0.15, 0.2) is 5.75 Å². The third-order valence-electron chi connectivity index (χ3n) is 3.94. The molecule has 0 aliphatic carbocycles. The third-order valence-corrected chi connectivity index (χ3v) is 4.92. The second-order valence-electron chi connectivity index (χ2n) is 5.77. The predicted octanol–water partition coefficient (Wildman–Crippen LogP) is 2.07. The summed E-state index contributed by atoms with van der Waals surface area (Å²) in [5.74, 6) is -0.848. The van der Waals surface area contributed by atoms with Crippen molar-refractivity contribution in [3.63, 3.8) is 0 Å². The minimum Gasteiger partial charge on any atom is -0.596 e. The van der Waals surface area contributed by atoms with Gasteiger partial charge in [0.2, 0.25) is 6.41 Å². The molecule has 0 bridgehead atoms. The number of nitrogens with one attached hydrogen (secondary N) is 1. The number of aryl methyl sites for hydroxylation is 1. The molecule has 2 aromatic carbocycles. The number of fused-ring (bicyclic) bond motifs is 1. The Morgan fingerprint density at radius 3 is 2.67 bits per heavy atom. The molecule has 3 rings (SSSR count). The van der Waals surface area contributed by atoms with Crippen LogP contribution in [0.1, 0.15) is 21.5 Å². The van der Waals surface area contributed by atoms with Gasteiger partial charge in [-0.2, -0.15) is 5.01 Å². The van der Waals surface area contributed by atoms with E-state index in [1.165, 1.54) is 6.07 Å². The zero-order chi connectivity index (χ0) is 19.4. The number of hydrazine groups is 1. The molecule has 0 spiro atoms. The maximum absolute atomic E-state index is 12.5. The Hall–Kier alpha value is -2.94. The molecule has 0 aliphatic rings. The maximum atomic E-state index is 12.5. The van der Waals surface area contributed by atoms with E-state index in [2.05, 4.69) is 4.83 Å². The Labute approximate surface area is 157 Å². The average molecular weight is 384 g/mol. The van der Waals surface area contributed by atoms with Gasteiger partial charge < -0.3 is 8.97 Å². The molecule has 0 aliphatic heterocycles. The fraction of sp³-hybridized carbons (Fsp3) is 0.105. The topological polar surface area (TPSA) is 103 Å². The second-order valence-corrected chi connectivity index (χ2v) is 6.94. The minimum absolute atomic E-state index is 0.0939. The summed E-state index contributed by atoms with van der Waals surface area (Å²) in [6, 6.07) is 15.4. The van der Waals surface area contributed by atoms with E-state index in [1.807, 2.05) is 25.1 Å². The Bertz CT molecular complexity index is 1050. The van der Waals surface area contributed by atoms with Crippen LogP contribution in [0.15, 0.2) is 63.8 Å². The van der Waals surface area contributed by atoms with Crippen LogP contribution in [0.4, 0.5) is 0 Å². The quantitative estimate of drug-likeness (QED) is 0.302. The van der Waals surface area contributed by atoms with E-state index in [1.54, 1.807) is 30.3 Å². The second kappa shape index (κ2) is 8.17. The highest BCUT2D eigenvalue weighted by Gasteiger charge is 2.24. The van der Waals surface area contributed by atoms with Gasteiger partial charge in [-0.3, -0.25) is 9.59 Å². The molecule has 1 heterocycles. The van der Waals surface area contributed by atoms with Crippen LogP contribution in [0.3, 0.4) is 0 Å². The number of carbonyl (C=O) groups is 2. The third kappa shape index (κ3) is 4.25. The first kappa shape index (κ1) is 18.8. The van der Waals surface area contributed by atoms with E-state index >= 15 is 0 Å². The van der Waals surface area contributed by atoms with Crippen LogP contribution < -0.4 is 10.5 Å². The molecule has 2 amide bonds. The number of imide groups is 1. The average Bonchev–Trinajstić information content (AvgIpc) is 2.67. The van der Waals surface area contributed by atoms with Crippen molar-refractivity contribution in [1.29, 1.82) is 0 Å². The monoisotopic (exact) mass is 384 g/mol. The smallest absolute Gasteiger partial charge is 0.349 e. The Morgan fingerprint density at radius 2 is 1.93 bits per heavy atom. The van der Waals surface area contributed by atoms with Gasteiger partial charge in [0.1, 0.15) is 11.1 Å². The van der Waals surface area contributed by atoms with Crippen molar-refractivity contribution in [2.45, 2.75) is 12.7 Å². The van der Waals surface area contributed by atoms with Gasteiger partial charge >= 0.3 is 5.63 Å². The lowest BCUT2D eigenvalue weighted by Crippen LogP contribution is -2.46. The zero-order valence-electron chi connectivity index (χ0n) is 14.4. The molecule has 3 aromatic rings. The summed E-state index contributed by atoms with van der Waals surface area (Å²) >= 11 is -1.75. The predicted molar refractivity (Wildman–Crippen MR) is 101 cm³/mol. The lowest BCUT2D eigenvalue weighted by molar-refractivity contribution is -0.117. The first-order valence-electron chi connectivity index (χ1n) is 8.00. The van der Waals surface area contributed by atoms with Crippen molar-refractivity contribution in [3.05, 3.63) is 81.7 Å². The molecule has 1 N–H and O–H groups in total. The van der Waals surface area contributed by atoms with Gasteiger partial charge in [-0.25, -0.2) is 4.79 Å². The lowest BCUT2D eigenvalue weighted by Gasteiger charge is -2.18. The van der Waals surface area contributed by atoms with Gasteiger partial charge in [0.05, 0.1) is 11.4 Å². The van der Waals surface area contributed by atoms with E-state index in [-0.39, 0.29) is 17.7 Å². The Kier molecular flexibility index (Phi) is 5.70. The van der Waals surface area contributed by atoms with E-state index in [0.29, 0.717) is 16.0 Å². The first-order valence-corrected chi connectivity index (χ1v) is 9.32. The maximum Gasteiger partial charge on any atom is 0.349 e. The van der Waals surface area contributed by atoms with Crippen LogP contribution in [-0.4, -0.2) is 21.9 Å². The van der Waals surface area contributed by atoms with Crippen molar-refractivity contribution in [3.8, 4) is 0 Å². The number of rotatable bonds is 6. The van der Waals surface area contributed by atoms with Crippen LogP contribution in [0, 0.1) is 6.92 Å². The van der Waals surface area contributed by atoms with Gasteiger partial charge in [-0.05, 0) is 29.5 Å². The molecule has 0 saturated carbocycles. The van der Waals surface area contributed by atoms with Crippen LogP contribution in [0.5, 0.6) is 0 Å². The lowest BCUT2D eigenvalue weighted by atomic mass is 10.1. The fourth-order valence-corrected chi connectivity index (χ4v) is 3.52. The van der Waals surface area contributed by atoms with Crippen molar-refractivity contribution in [1.82, 2.24) is 9.84 Å². The van der Waals surface area contributed by atoms with Crippen molar-refractivity contribution in [2.75, 3.05) is 0 Å². The largest absolute Gasteiger partial charge is 0.596 e. The summed E-state index contributed by atoms with van der Waals surface area (Å²) < 4.78 is 17.4. The van der Waals surface area contributed by atoms with Crippen molar-refractivity contribution >= 4 is 34.6 Å². The number of nitrogens with zero attached hydrogens (tertiary/aromatic N) is 1. The number of hydrogen-bond donors (Lipinski definition) is 1. The summed E-state index contributed by atoms with van der Waals surface area (Å²) in [6.45, 7) is 1.87. The molecular formula is C19H16N2O5S. The molecule has 0 fully saturated rings. The molecule has 7 nitrogen and oxygen atoms in total. The van der Waals surface area contributed by atoms with Gasteiger partial charge in [-0.1, -0.05) is 42.5 Å². The summed E-state index contributed by atoms with van der Waals surface area (Å²) in [7, 11) is 0. The number of para-hydroxylation sites is 1. The number of amides is 2. The molecule has 1 atom stereocenters. The van der Waals surface area contributed by atoms with Crippen LogP contribution in [0.25, 0.3) is 11.0 Å². The van der Waals surface area contributed by atoms with Crippen LogP contribution in [-0.2, 0) is 21.9 Å². The highest BCUT2D eigenvalue weighted by molar-refractivity contribution is 7.88. The number of hydrogen-bond acceptors (Lipinski definition) is 6. The van der Waals surface area contributed by atoms with E-state index < -0.39 is 22.9 Å². The van der Waals surface area contributed by atoms with E-state index in [0.717, 1.165) is 11.1 Å². The molecule has 0 radical (unpaired) electrons.